The van der Waals surface area contributed by atoms with Crippen LogP contribution < -0.4 is 14.7 Å². The van der Waals surface area contributed by atoms with Gasteiger partial charge < -0.3 is 9.80 Å². The number of aromatic nitrogens is 2. The molecule has 1 aromatic carbocycles. The summed E-state index contributed by atoms with van der Waals surface area (Å²) >= 11 is 0. The number of sulfonamides is 1. The lowest BCUT2D eigenvalue weighted by Crippen LogP contribution is -2.49. The van der Waals surface area contributed by atoms with Gasteiger partial charge in [-0.1, -0.05) is 0 Å². The van der Waals surface area contributed by atoms with E-state index in [1.807, 2.05) is 17.9 Å². The van der Waals surface area contributed by atoms with Gasteiger partial charge in [0.25, 0.3) is 0 Å². The minimum absolute atomic E-state index is 0.145. The molecule has 2 aromatic rings. The van der Waals surface area contributed by atoms with Crippen LogP contribution in [0.15, 0.2) is 35.2 Å². The molecule has 0 atom stereocenters. The van der Waals surface area contributed by atoms with E-state index in [0.29, 0.717) is 37.8 Å². The van der Waals surface area contributed by atoms with Crippen molar-refractivity contribution in [1.82, 2.24) is 14.3 Å². The van der Waals surface area contributed by atoms with Crippen LogP contribution >= 0.6 is 0 Å². The molecule has 3 fully saturated rings. The Labute approximate surface area is 199 Å². The average Bonchev–Trinajstić information content (AvgIpc) is 3.49. The fraction of sp³-hybridized carbons (Fsp3) is 0.478. The van der Waals surface area contributed by atoms with Crippen LogP contribution in [0.2, 0.25) is 0 Å². The second kappa shape index (κ2) is 8.95. The van der Waals surface area contributed by atoms with Crippen LogP contribution in [0, 0.1) is 6.92 Å². The first kappa shape index (κ1) is 22.7. The Kier molecular flexibility index (Phi) is 5.98. The summed E-state index contributed by atoms with van der Waals surface area (Å²) in [5.74, 6) is 1.05. The van der Waals surface area contributed by atoms with Crippen LogP contribution in [-0.2, 0) is 19.6 Å². The third kappa shape index (κ3) is 4.25. The summed E-state index contributed by atoms with van der Waals surface area (Å²) in [5, 5.41) is 0. The number of hydrogen-bond acceptors (Lipinski definition) is 8. The number of nitrogens with zero attached hydrogens (tertiary/aromatic N) is 6. The van der Waals surface area contributed by atoms with Gasteiger partial charge in [0.05, 0.1) is 10.6 Å². The van der Waals surface area contributed by atoms with Gasteiger partial charge in [0.2, 0.25) is 27.8 Å². The highest BCUT2D eigenvalue weighted by molar-refractivity contribution is 7.89. The zero-order chi connectivity index (χ0) is 23.9. The zero-order valence-electron chi connectivity index (χ0n) is 19.2. The molecule has 0 aliphatic carbocycles. The molecule has 0 bridgehead atoms. The summed E-state index contributed by atoms with van der Waals surface area (Å²) in [5.41, 5.74) is 1.30. The quantitative estimate of drug-likeness (QED) is 0.589. The summed E-state index contributed by atoms with van der Waals surface area (Å²) in [6, 6.07) is 7.96. The standard InChI is InChI=1S/C23H28N6O4S/c1-17-16-20(26-10-2-3-11-26)25-23(24-17)27-12-14-28(15-13-27)34(32,33)19-6-4-18(5-7-19)29-21(30)8-9-22(29)31/h4-7,16H,2-3,8-15H2,1H3. The molecule has 0 radical (unpaired) electrons. The third-order valence-corrected chi connectivity index (χ3v) is 8.48. The highest BCUT2D eigenvalue weighted by atomic mass is 32.2. The Morgan fingerprint density at radius 3 is 2.03 bits per heavy atom. The van der Waals surface area contributed by atoms with Crippen LogP contribution in [0.25, 0.3) is 0 Å². The van der Waals surface area contributed by atoms with E-state index < -0.39 is 10.0 Å². The number of aryl methyl sites for hydroxylation is 1. The van der Waals surface area contributed by atoms with E-state index in [0.717, 1.165) is 29.5 Å². The molecule has 1 aromatic heterocycles. The van der Waals surface area contributed by atoms with E-state index in [1.165, 1.54) is 41.4 Å². The predicted octanol–water partition coefficient (Wildman–Crippen LogP) is 1.55. The maximum absolute atomic E-state index is 13.2. The van der Waals surface area contributed by atoms with Gasteiger partial charge in [0.15, 0.2) is 0 Å². The fourth-order valence-electron chi connectivity index (χ4n) is 4.70. The Morgan fingerprint density at radius 1 is 0.794 bits per heavy atom. The highest BCUT2D eigenvalue weighted by Crippen LogP contribution is 2.27. The zero-order valence-corrected chi connectivity index (χ0v) is 20.0. The molecule has 4 heterocycles. The van der Waals surface area contributed by atoms with Gasteiger partial charge in [-0.3, -0.25) is 14.5 Å². The van der Waals surface area contributed by atoms with Gasteiger partial charge in [-0.05, 0) is 44.0 Å². The van der Waals surface area contributed by atoms with E-state index in [9.17, 15) is 18.0 Å². The molecule has 3 aliphatic rings. The van der Waals surface area contributed by atoms with Crippen molar-refractivity contribution in [3.05, 3.63) is 36.0 Å². The van der Waals surface area contributed by atoms with Crippen LogP contribution in [-0.4, -0.2) is 73.8 Å². The summed E-state index contributed by atoms with van der Waals surface area (Å²) in [4.78, 5) is 38.8. The second-order valence-electron chi connectivity index (χ2n) is 8.87. The largest absolute Gasteiger partial charge is 0.356 e. The first-order chi connectivity index (χ1) is 16.3. The SMILES string of the molecule is Cc1cc(N2CCCC2)nc(N2CCN(S(=O)(=O)c3ccc(N4C(=O)CCC4=O)cc3)CC2)n1. The first-order valence-electron chi connectivity index (χ1n) is 11.6. The molecular weight excluding hydrogens is 456 g/mol. The number of amides is 2. The predicted molar refractivity (Wildman–Crippen MR) is 127 cm³/mol. The Balaban J connectivity index is 1.27. The lowest BCUT2D eigenvalue weighted by Gasteiger charge is -2.34. The van der Waals surface area contributed by atoms with Crippen molar-refractivity contribution in [3.63, 3.8) is 0 Å². The Morgan fingerprint density at radius 2 is 1.41 bits per heavy atom. The molecule has 2 amide bonds. The molecule has 5 rings (SSSR count). The summed E-state index contributed by atoms with van der Waals surface area (Å²) in [6.07, 6.45) is 2.71. The van der Waals surface area contributed by atoms with E-state index in [1.54, 1.807) is 0 Å². The van der Waals surface area contributed by atoms with Gasteiger partial charge in [0.1, 0.15) is 5.82 Å². The highest BCUT2D eigenvalue weighted by Gasteiger charge is 2.32. The minimum atomic E-state index is -3.70. The first-order valence-corrected chi connectivity index (χ1v) is 13.1. The molecule has 0 unspecified atom stereocenters. The number of hydrogen-bond donors (Lipinski definition) is 0. The number of carbonyl (C=O) groups excluding carboxylic acids is 2. The van der Waals surface area contributed by atoms with Crippen molar-refractivity contribution < 1.29 is 18.0 Å². The molecule has 3 saturated heterocycles. The third-order valence-electron chi connectivity index (χ3n) is 6.56. The van der Waals surface area contributed by atoms with E-state index >= 15 is 0 Å². The molecular formula is C23H28N6O4S. The summed E-state index contributed by atoms with van der Waals surface area (Å²) in [6.45, 7) is 5.60. The minimum Gasteiger partial charge on any atom is -0.356 e. The normalized spacial score (nSPS) is 20.0. The van der Waals surface area contributed by atoms with Gasteiger partial charge in [0, 0.05) is 63.9 Å². The average molecular weight is 485 g/mol. The van der Waals surface area contributed by atoms with Crippen molar-refractivity contribution >= 4 is 39.3 Å². The Hall–Kier alpha value is -3.05. The molecule has 0 spiro atoms. The summed E-state index contributed by atoms with van der Waals surface area (Å²) in [7, 11) is -3.70. The number of imide groups is 1. The van der Waals surface area contributed by atoms with Gasteiger partial charge in [-0.25, -0.2) is 13.4 Å². The van der Waals surface area contributed by atoms with Gasteiger partial charge >= 0.3 is 0 Å². The Bertz CT molecular complexity index is 1190. The van der Waals surface area contributed by atoms with Crippen molar-refractivity contribution in [1.29, 1.82) is 0 Å². The topological polar surface area (TPSA) is 107 Å². The lowest BCUT2D eigenvalue weighted by atomic mass is 10.3. The number of rotatable bonds is 5. The van der Waals surface area contributed by atoms with E-state index in [2.05, 4.69) is 9.88 Å². The molecule has 3 aliphatic heterocycles. The number of benzene rings is 1. The molecule has 10 nitrogen and oxygen atoms in total. The van der Waals surface area contributed by atoms with E-state index in [4.69, 9.17) is 4.98 Å². The lowest BCUT2D eigenvalue weighted by molar-refractivity contribution is -0.121. The molecule has 34 heavy (non-hydrogen) atoms. The smallest absolute Gasteiger partial charge is 0.243 e. The molecule has 0 saturated carbocycles. The van der Waals surface area contributed by atoms with Crippen molar-refractivity contribution in [2.75, 3.05) is 54.0 Å². The van der Waals surface area contributed by atoms with E-state index in [-0.39, 0.29) is 29.6 Å². The van der Waals surface area contributed by atoms with Crippen molar-refractivity contribution in [3.8, 4) is 0 Å². The molecule has 11 heteroatoms. The number of carbonyl (C=O) groups is 2. The monoisotopic (exact) mass is 484 g/mol. The number of piperazine rings is 1. The van der Waals surface area contributed by atoms with Crippen molar-refractivity contribution in [2.24, 2.45) is 0 Å². The fourth-order valence-corrected chi connectivity index (χ4v) is 6.12. The van der Waals surface area contributed by atoms with Crippen LogP contribution in [0.1, 0.15) is 31.4 Å². The maximum atomic E-state index is 13.2. The molecule has 0 N–H and O–H groups in total. The van der Waals surface area contributed by atoms with Crippen molar-refractivity contribution in [2.45, 2.75) is 37.5 Å². The molecule has 180 valence electrons. The van der Waals surface area contributed by atoms with Crippen LogP contribution in [0.4, 0.5) is 17.5 Å². The van der Waals surface area contributed by atoms with Crippen LogP contribution in [0.3, 0.4) is 0 Å². The maximum Gasteiger partial charge on any atom is 0.243 e. The van der Waals surface area contributed by atoms with Gasteiger partial charge in [-0.2, -0.15) is 9.29 Å². The second-order valence-corrected chi connectivity index (χ2v) is 10.8. The summed E-state index contributed by atoms with van der Waals surface area (Å²) < 4.78 is 27.9. The van der Waals surface area contributed by atoms with Gasteiger partial charge in [-0.15, -0.1) is 0 Å². The van der Waals surface area contributed by atoms with Crippen LogP contribution in [0.5, 0.6) is 0 Å². The number of anilines is 3.